The molecule has 0 fully saturated rings. The number of carbonyl (C=O) groups excluding carboxylic acids is 1. The van der Waals surface area contributed by atoms with Crippen molar-refractivity contribution in [1.82, 2.24) is 0 Å². The molecule has 2 aromatic rings. The number of amides is 1. The first kappa shape index (κ1) is 14.7. The van der Waals surface area contributed by atoms with Gasteiger partial charge in [-0.1, -0.05) is 23.2 Å². The van der Waals surface area contributed by atoms with Crippen molar-refractivity contribution in [3.05, 3.63) is 63.4 Å². The average Bonchev–Trinajstić information content (AvgIpc) is 2.38. The molecule has 2 rings (SSSR count). The van der Waals surface area contributed by atoms with E-state index in [2.05, 4.69) is 5.32 Å². The van der Waals surface area contributed by atoms with Crippen molar-refractivity contribution in [3.63, 3.8) is 0 Å². The van der Waals surface area contributed by atoms with E-state index in [1.54, 1.807) is 0 Å². The lowest BCUT2D eigenvalue weighted by Crippen LogP contribution is -2.13. The number of carbonyl (C=O) groups is 1. The van der Waals surface area contributed by atoms with Crippen molar-refractivity contribution < 1.29 is 18.0 Å². The fourth-order valence-corrected chi connectivity index (χ4v) is 1.93. The normalized spacial score (nSPS) is 10.4. The predicted octanol–water partition coefficient (Wildman–Crippen LogP) is 4.66. The van der Waals surface area contributed by atoms with Gasteiger partial charge >= 0.3 is 0 Å². The van der Waals surface area contributed by atoms with Gasteiger partial charge in [-0.3, -0.25) is 4.79 Å². The number of hydrogen-bond donors (Lipinski definition) is 1. The van der Waals surface area contributed by atoms with Crippen LogP contribution in [0.5, 0.6) is 0 Å². The number of anilines is 1. The van der Waals surface area contributed by atoms with Gasteiger partial charge in [0, 0.05) is 10.6 Å². The number of rotatable bonds is 2. The van der Waals surface area contributed by atoms with Crippen LogP contribution in [0.2, 0.25) is 10.0 Å². The third-order valence-corrected chi connectivity index (χ3v) is 2.97. The molecular weight excluding hydrogens is 314 g/mol. The lowest BCUT2D eigenvalue weighted by molar-refractivity contribution is 0.102. The van der Waals surface area contributed by atoms with Gasteiger partial charge in [0.2, 0.25) is 0 Å². The number of nitrogens with one attached hydrogen (secondary N) is 1. The summed E-state index contributed by atoms with van der Waals surface area (Å²) in [6.07, 6.45) is 0. The molecular formula is C13H6Cl2F3NO. The Balaban J connectivity index is 2.28. The van der Waals surface area contributed by atoms with Gasteiger partial charge < -0.3 is 5.32 Å². The Labute approximate surface area is 122 Å². The first-order chi connectivity index (χ1) is 9.38. The summed E-state index contributed by atoms with van der Waals surface area (Å²) in [7, 11) is 0. The zero-order chi connectivity index (χ0) is 14.9. The van der Waals surface area contributed by atoms with Gasteiger partial charge in [0.05, 0.1) is 10.7 Å². The van der Waals surface area contributed by atoms with E-state index in [1.165, 1.54) is 18.2 Å². The van der Waals surface area contributed by atoms with Crippen LogP contribution in [-0.2, 0) is 0 Å². The Bertz CT molecular complexity index is 668. The zero-order valence-electron chi connectivity index (χ0n) is 9.68. The molecule has 1 amide bonds. The van der Waals surface area contributed by atoms with E-state index in [0.717, 1.165) is 0 Å². The number of halogens is 5. The maximum atomic E-state index is 13.0. The summed E-state index contributed by atoms with van der Waals surface area (Å²) in [6.45, 7) is 0. The summed E-state index contributed by atoms with van der Waals surface area (Å²) in [5, 5.41) is 2.87. The van der Waals surface area contributed by atoms with E-state index in [9.17, 15) is 18.0 Å². The maximum absolute atomic E-state index is 13.0. The smallest absolute Gasteiger partial charge is 0.255 e. The van der Waals surface area contributed by atoms with Gasteiger partial charge in [-0.2, -0.15) is 0 Å². The van der Waals surface area contributed by atoms with E-state index in [1.807, 2.05) is 0 Å². The van der Waals surface area contributed by atoms with Crippen LogP contribution in [0.15, 0.2) is 30.3 Å². The summed E-state index contributed by atoms with van der Waals surface area (Å²) in [4.78, 5) is 11.8. The van der Waals surface area contributed by atoms with Crippen molar-refractivity contribution in [3.8, 4) is 0 Å². The quantitative estimate of drug-likeness (QED) is 0.801. The Morgan fingerprint density at radius 2 is 1.60 bits per heavy atom. The van der Waals surface area contributed by atoms with Crippen molar-refractivity contribution in [1.29, 1.82) is 0 Å². The van der Waals surface area contributed by atoms with Crippen LogP contribution < -0.4 is 5.32 Å². The minimum Gasteiger partial charge on any atom is -0.321 e. The van der Waals surface area contributed by atoms with Gasteiger partial charge in [0.1, 0.15) is 0 Å². The third kappa shape index (κ3) is 3.05. The Morgan fingerprint density at radius 3 is 2.15 bits per heavy atom. The molecule has 0 saturated carbocycles. The van der Waals surface area contributed by atoms with E-state index in [4.69, 9.17) is 23.2 Å². The molecule has 0 aromatic heterocycles. The maximum Gasteiger partial charge on any atom is 0.255 e. The van der Waals surface area contributed by atoms with Gasteiger partial charge in [0.25, 0.3) is 5.91 Å². The van der Waals surface area contributed by atoms with E-state index >= 15 is 0 Å². The fraction of sp³-hybridized carbons (Fsp3) is 0. The molecule has 104 valence electrons. The second kappa shape index (κ2) is 5.73. The van der Waals surface area contributed by atoms with E-state index in [-0.39, 0.29) is 16.3 Å². The molecule has 0 aliphatic heterocycles. The third-order valence-electron chi connectivity index (χ3n) is 2.43. The topological polar surface area (TPSA) is 29.1 Å². The molecule has 0 spiro atoms. The lowest BCUT2D eigenvalue weighted by atomic mass is 10.2. The second-order valence-electron chi connectivity index (χ2n) is 3.83. The fourth-order valence-electron chi connectivity index (χ4n) is 1.47. The minimum atomic E-state index is -1.63. The Hall–Kier alpha value is -1.72. The summed E-state index contributed by atoms with van der Waals surface area (Å²) >= 11 is 11.5. The largest absolute Gasteiger partial charge is 0.321 e. The van der Waals surface area contributed by atoms with Gasteiger partial charge in [0.15, 0.2) is 17.5 Å². The standard InChI is InChI=1S/C13H6Cl2F3NO/c14-7-1-2-11(8(15)5-7)19-13(20)6-3-9(16)12(18)10(17)4-6/h1-5H,(H,19,20). The van der Waals surface area contributed by atoms with Crippen LogP contribution in [-0.4, -0.2) is 5.91 Å². The van der Waals surface area contributed by atoms with Crippen LogP contribution in [0.4, 0.5) is 18.9 Å². The van der Waals surface area contributed by atoms with E-state index < -0.39 is 23.4 Å². The summed E-state index contributed by atoms with van der Waals surface area (Å²) in [6, 6.07) is 5.49. The Morgan fingerprint density at radius 1 is 1.00 bits per heavy atom. The molecule has 2 nitrogen and oxygen atoms in total. The SMILES string of the molecule is O=C(Nc1ccc(Cl)cc1Cl)c1cc(F)c(F)c(F)c1. The molecule has 0 aliphatic rings. The highest BCUT2D eigenvalue weighted by molar-refractivity contribution is 6.36. The van der Waals surface area contributed by atoms with Crippen LogP contribution in [0.3, 0.4) is 0 Å². The van der Waals surface area contributed by atoms with Crippen LogP contribution >= 0.6 is 23.2 Å². The highest BCUT2D eigenvalue weighted by atomic mass is 35.5. The molecule has 0 heterocycles. The van der Waals surface area contributed by atoms with Crippen molar-refractivity contribution >= 4 is 34.8 Å². The zero-order valence-corrected chi connectivity index (χ0v) is 11.2. The van der Waals surface area contributed by atoms with Gasteiger partial charge in [-0.25, -0.2) is 13.2 Å². The first-order valence-corrected chi connectivity index (χ1v) is 6.05. The number of hydrogen-bond acceptors (Lipinski definition) is 1. The molecule has 0 saturated heterocycles. The Kier molecular flexibility index (Phi) is 4.20. The molecule has 2 aromatic carbocycles. The van der Waals surface area contributed by atoms with E-state index in [0.29, 0.717) is 17.2 Å². The second-order valence-corrected chi connectivity index (χ2v) is 4.68. The van der Waals surface area contributed by atoms with Crippen LogP contribution in [0.1, 0.15) is 10.4 Å². The lowest BCUT2D eigenvalue weighted by Gasteiger charge is -2.08. The van der Waals surface area contributed by atoms with Crippen molar-refractivity contribution in [2.45, 2.75) is 0 Å². The average molecular weight is 320 g/mol. The summed E-state index contributed by atoms with van der Waals surface area (Å²) < 4.78 is 38.9. The molecule has 7 heteroatoms. The molecule has 0 unspecified atom stereocenters. The molecule has 0 aliphatic carbocycles. The van der Waals surface area contributed by atoms with Crippen molar-refractivity contribution in [2.75, 3.05) is 5.32 Å². The minimum absolute atomic E-state index is 0.161. The molecule has 1 N–H and O–H groups in total. The highest BCUT2D eigenvalue weighted by Crippen LogP contribution is 2.26. The highest BCUT2D eigenvalue weighted by Gasteiger charge is 2.16. The molecule has 0 atom stereocenters. The molecule has 20 heavy (non-hydrogen) atoms. The first-order valence-electron chi connectivity index (χ1n) is 5.29. The molecule has 0 radical (unpaired) electrons. The summed E-state index contributed by atoms with van der Waals surface area (Å²) in [5.41, 5.74) is -0.154. The predicted molar refractivity (Wildman–Crippen MR) is 70.7 cm³/mol. The summed E-state index contributed by atoms with van der Waals surface area (Å²) in [5.74, 6) is -5.35. The monoisotopic (exact) mass is 319 g/mol. The van der Waals surface area contributed by atoms with Gasteiger partial charge in [-0.15, -0.1) is 0 Å². The number of benzene rings is 2. The van der Waals surface area contributed by atoms with Crippen molar-refractivity contribution in [2.24, 2.45) is 0 Å². The van der Waals surface area contributed by atoms with Crippen LogP contribution in [0.25, 0.3) is 0 Å². The van der Waals surface area contributed by atoms with Crippen LogP contribution in [0, 0.1) is 17.5 Å². The molecule has 0 bridgehead atoms. The van der Waals surface area contributed by atoms with Gasteiger partial charge in [-0.05, 0) is 30.3 Å².